The van der Waals surface area contributed by atoms with Crippen LogP contribution in [0.5, 0.6) is 0 Å². The highest BCUT2D eigenvalue weighted by atomic mass is 14.2. The Morgan fingerprint density at radius 1 is 0.900 bits per heavy atom. The van der Waals surface area contributed by atoms with Gasteiger partial charge in [-0.3, -0.25) is 0 Å². The lowest BCUT2D eigenvalue weighted by Crippen LogP contribution is -2.07. The number of hydrogen-bond acceptors (Lipinski definition) is 0. The van der Waals surface area contributed by atoms with E-state index in [0.717, 1.165) is 11.8 Å². The van der Waals surface area contributed by atoms with Gasteiger partial charge in [0.25, 0.3) is 0 Å². The van der Waals surface area contributed by atoms with Crippen molar-refractivity contribution in [3.8, 4) is 0 Å². The van der Waals surface area contributed by atoms with Crippen LogP contribution >= 0.6 is 0 Å². The molecular weight excluding hydrogens is 120 g/mol. The second kappa shape index (κ2) is 7.11. The Labute approximate surface area is 67.0 Å². The minimum Gasteiger partial charge on any atom is -0.0776 e. The third-order valence-electron chi connectivity index (χ3n) is 2.50. The fourth-order valence-corrected chi connectivity index (χ4v) is 1.43. The second-order valence-electron chi connectivity index (χ2n) is 2.96. The lowest BCUT2D eigenvalue weighted by Gasteiger charge is -2.18. The average Bonchev–Trinajstić information content (AvgIpc) is 1.90. The summed E-state index contributed by atoms with van der Waals surface area (Å²) in [5, 5.41) is 0. The zero-order chi connectivity index (χ0) is 7.28. The van der Waals surface area contributed by atoms with E-state index in [-0.39, 0.29) is 7.43 Å². The quantitative estimate of drug-likeness (QED) is 0.557. The van der Waals surface area contributed by atoms with Gasteiger partial charge in [-0.25, -0.2) is 0 Å². The van der Waals surface area contributed by atoms with E-state index in [1.54, 1.807) is 0 Å². The topological polar surface area (TPSA) is 0 Å². The van der Waals surface area contributed by atoms with E-state index < -0.39 is 0 Å². The summed E-state index contributed by atoms with van der Waals surface area (Å²) in [6.45, 7) is 9.22. The van der Waals surface area contributed by atoms with Crippen LogP contribution in [0.25, 0.3) is 0 Å². The van der Waals surface area contributed by atoms with Crippen molar-refractivity contribution in [2.75, 3.05) is 0 Å². The minimum atomic E-state index is 0. The van der Waals surface area contributed by atoms with Crippen molar-refractivity contribution < 1.29 is 0 Å². The van der Waals surface area contributed by atoms with Crippen LogP contribution < -0.4 is 0 Å². The first-order valence-electron chi connectivity index (χ1n) is 4.26. The first kappa shape index (κ1) is 12.7. The maximum absolute atomic E-state index is 2.36. The standard InChI is InChI=1S/C9H20.CH4/c1-5-8(4)9(6-2)7-3;/h8-9H,5-7H2,1-4H3;1H4/t8-;/m0./s1. The SMILES string of the molecule is C.CCC(CC)[C@@H](C)CC. The smallest absolute Gasteiger partial charge is 0.0394 e. The Morgan fingerprint density at radius 2 is 1.30 bits per heavy atom. The van der Waals surface area contributed by atoms with Gasteiger partial charge in [0.15, 0.2) is 0 Å². The summed E-state index contributed by atoms with van der Waals surface area (Å²) in [5.41, 5.74) is 0. The summed E-state index contributed by atoms with van der Waals surface area (Å²) in [6.07, 6.45) is 4.04. The van der Waals surface area contributed by atoms with E-state index in [9.17, 15) is 0 Å². The summed E-state index contributed by atoms with van der Waals surface area (Å²) in [4.78, 5) is 0. The van der Waals surface area contributed by atoms with E-state index in [2.05, 4.69) is 27.7 Å². The van der Waals surface area contributed by atoms with E-state index in [1.807, 2.05) is 0 Å². The largest absolute Gasteiger partial charge is 0.0776 e. The molecule has 0 spiro atoms. The van der Waals surface area contributed by atoms with Gasteiger partial charge < -0.3 is 0 Å². The maximum Gasteiger partial charge on any atom is -0.0394 e. The van der Waals surface area contributed by atoms with Crippen molar-refractivity contribution in [3.63, 3.8) is 0 Å². The Bertz CT molecular complexity index is 53.1. The Kier molecular flexibility index (Phi) is 9.00. The van der Waals surface area contributed by atoms with Crippen LogP contribution in [0.15, 0.2) is 0 Å². The molecule has 10 heavy (non-hydrogen) atoms. The molecule has 0 amide bonds. The predicted octanol–water partition coefficient (Wildman–Crippen LogP) is 4.10. The second-order valence-corrected chi connectivity index (χ2v) is 2.96. The van der Waals surface area contributed by atoms with Gasteiger partial charge in [-0.1, -0.05) is 54.4 Å². The highest BCUT2D eigenvalue weighted by molar-refractivity contribution is 4.60. The molecule has 0 fully saturated rings. The van der Waals surface area contributed by atoms with Crippen LogP contribution in [0.2, 0.25) is 0 Å². The molecule has 0 nitrogen and oxygen atoms in total. The Morgan fingerprint density at radius 3 is 1.40 bits per heavy atom. The Balaban J connectivity index is 0. The lowest BCUT2D eigenvalue weighted by molar-refractivity contribution is 0.328. The molecule has 0 aliphatic carbocycles. The van der Waals surface area contributed by atoms with Gasteiger partial charge >= 0.3 is 0 Å². The van der Waals surface area contributed by atoms with Gasteiger partial charge in [0.2, 0.25) is 0 Å². The maximum atomic E-state index is 2.36. The van der Waals surface area contributed by atoms with Crippen LogP contribution in [-0.4, -0.2) is 0 Å². The summed E-state index contributed by atoms with van der Waals surface area (Å²) in [7, 11) is 0. The molecule has 0 aromatic heterocycles. The number of hydrogen-bond donors (Lipinski definition) is 0. The van der Waals surface area contributed by atoms with Crippen LogP contribution in [0.1, 0.15) is 54.4 Å². The molecule has 0 heterocycles. The van der Waals surface area contributed by atoms with Gasteiger partial charge in [-0.05, 0) is 11.8 Å². The third kappa shape index (κ3) is 3.92. The fourth-order valence-electron chi connectivity index (χ4n) is 1.43. The first-order chi connectivity index (χ1) is 4.26. The molecule has 0 heteroatoms. The van der Waals surface area contributed by atoms with Gasteiger partial charge in [0.05, 0.1) is 0 Å². The molecule has 0 radical (unpaired) electrons. The van der Waals surface area contributed by atoms with Crippen molar-refractivity contribution in [3.05, 3.63) is 0 Å². The average molecular weight is 144 g/mol. The number of rotatable bonds is 4. The van der Waals surface area contributed by atoms with Crippen LogP contribution in [0.3, 0.4) is 0 Å². The predicted molar refractivity (Wildman–Crippen MR) is 50.3 cm³/mol. The molecule has 0 aromatic rings. The van der Waals surface area contributed by atoms with Crippen molar-refractivity contribution in [1.82, 2.24) is 0 Å². The van der Waals surface area contributed by atoms with E-state index in [0.29, 0.717) is 0 Å². The van der Waals surface area contributed by atoms with Crippen molar-refractivity contribution >= 4 is 0 Å². The summed E-state index contributed by atoms with van der Waals surface area (Å²) in [6, 6.07) is 0. The molecule has 0 unspecified atom stereocenters. The van der Waals surface area contributed by atoms with Gasteiger partial charge in [0.1, 0.15) is 0 Å². The molecule has 0 aromatic carbocycles. The van der Waals surface area contributed by atoms with Crippen molar-refractivity contribution in [2.24, 2.45) is 11.8 Å². The summed E-state index contributed by atoms with van der Waals surface area (Å²) < 4.78 is 0. The van der Waals surface area contributed by atoms with Crippen molar-refractivity contribution in [1.29, 1.82) is 0 Å². The van der Waals surface area contributed by atoms with Crippen molar-refractivity contribution in [2.45, 2.75) is 54.4 Å². The molecule has 0 aliphatic rings. The fraction of sp³-hybridized carbons (Fsp3) is 1.00. The zero-order valence-electron chi connectivity index (χ0n) is 7.28. The van der Waals surface area contributed by atoms with Crippen LogP contribution in [0, 0.1) is 11.8 Å². The normalized spacial score (nSPS) is 12.9. The van der Waals surface area contributed by atoms with Gasteiger partial charge in [-0.2, -0.15) is 0 Å². The molecule has 0 saturated heterocycles. The third-order valence-corrected chi connectivity index (χ3v) is 2.50. The first-order valence-corrected chi connectivity index (χ1v) is 4.26. The summed E-state index contributed by atoms with van der Waals surface area (Å²) in [5.74, 6) is 1.90. The molecule has 0 bridgehead atoms. The molecule has 64 valence electrons. The van der Waals surface area contributed by atoms with Gasteiger partial charge in [0, 0.05) is 0 Å². The molecule has 0 saturated carbocycles. The zero-order valence-corrected chi connectivity index (χ0v) is 7.28. The van der Waals surface area contributed by atoms with Crippen LogP contribution in [-0.2, 0) is 0 Å². The minimum absolute atomic E-state index is 0. The summed E-state index contributed by atoms with van der Waals surface area (Å²) >= 11 is 0. The molecular formula is C10H24. The molecule has 1 atom stereocenters. The van der Waals surface area contributed by atoms with E-state index in [4.69, 9.17) is 0 Å². The van der Waals surface area contributed by atoms with E-state index >= 15 is 0 Å². The lowest BCUT2D eigenvalue weighted by atomic mass is 9.88. The van der Waals surface area contributed by atoms with Gasteiger partial charge in [-0.15, -0.1) is 0 Å². The highest BCUT2D eigenvalue weighted by Gasteiger charge is 2.09. The molecule has 0 N–H and O–H groups in total. The Hall–Kier alpha value is 0. The van der Waals surface area contributed by atoms with Crippen LogP contribution in [0.4, 0.5) is 0 Å². The monoisotopic (exact) mass is 144 g/mol. The molecule has 0 aliphatic heterocycles. The molecule has 0 rings (SSSR count). The highest BCUT2D eigenvalue weighted by Crippen LogP contribution is 2.21. The van der Waals surface area contributed by atoms with E-state index in [1.165, 1.54) is 19.3 Å².